The summed E-state index contributed by atoms with van der Waals surface area (Å²) in [7, 11) is 1.85. The van der Waals surface area contributed by atoms with Crippen LogP contribution in [0, 0.1) is 30.0 Å². The van der Waals surface area contributed by atoms with Gasteiger partial charge in [0.1, 0.15) is 17.6 Å². The fourth-order valence-electron chi connectivity index (χ4n) is 5.08. The van der Waals surface area contributed by atoms with Crippen LogP contribution >= 0.6 is 0 Å². The molecule has 0 saturated carbocycles. The number of phenolic OH excluding ortho intramolecular Hbond substituents is 1. The number of nitriles is 1. The number of aliphatic hydroxyl groups excluding tert-OH is 1. The van der Waals surface area contributed by atoms with Gasteiger partial charge in [0.2, 0.25) is 0 Å². The summed E-state index contributed by atoms with van der Waals surface area (Å²) in [6.07, 6.45) is 1.79. The molecule has 1 atom stereocenters. The van der Waals surface area contributed by atoms with Crippen molar-refractivity contribution in [2.24, 2.45) is 5.92 Å². The van der Waals surface area contributed by atoms with Crippen molar-refractivity contribution in [1.82, 2.24) is 10.3 Å². The van der Waals surface area contributed by atoms with Crippen molar-refractivity contribution >= 4 is 16.6 Å². The Morgan fingerprint density at radius 1 is 1.14 bits per heavy atom. The van der Waals surface area contributed by atoms with Crippen molar-refractivity contribution in [3.05, 3.63) is 77.7 Å². The van der Waals surface area contributed by atoms with E-state index in [1.54, 1.807) is 24.4 Å². The van der Waals surface area contributed by atoms with E-state index in [1.807, 2.05) is 44.3 Å². The number of aromatic hydroxyl groups is 1. The molecule has 0 spiro atoms. The van der Waals surface area contributed by atoms with E-state index in [-0.39, 0.29) is 35.7 Å². The standard InChI is InChI=1S/C29H27FN4O2/c1-17-8-20(10-22(30)9-17)25-13-33-26-7-6-18(23-5-3-4-19(12-31)29(23)36)11-24(26)28(25)34-14-21(15-34)27(16-35)32-2/h3-11,13,21,27,32,35-36H,14-16H2,1-2H3. The minimum atomic E-state index is -0.306. The molecule has 0 aliphatic carbocycles. The quantitative estimate of drug-likeness (QED) is 0.372. The molecule has 3 N–H and O–H groups in total. The predicted molar refractivity (Wildman–Crippen MR) is 139 cm³/mol. The van der Waals surface area contributed by atoms with Crippen LogP contribution < -0.4 is 10.2 Å². The molecule has 1 aliphatic rings. The molecule has 6 nitrogen and oxygen atoms in total. The van der Waals surface area contributed by atoms with E-state index in [9.17, 15) is 19.9 Å². The maximum absolute atomic E-state index is 14.4. The number of likely N-dealkylation sites (N-methyl/N-ethyl adjacent to an activating group) is 1. The number of phenols is 1. The van der Waals surface area contributed by atoms with Gasteiger partial charge in [-0.05, 0) is 61.0 Å². The van der Waals surface area contributed by atoms with E-state index >= 15 is 0 Å². The zero-order valence-corrected chi connectivity index (χ0v) is 20.2. The number of fused-ring (bicyclic) bond motifs is 1. The van der Waals surface area contributed by atoms with Gasteiger partial charge in [-0.25, -0.2) is 4.39 Å². The number of anilines is 1. The Labute approximate surface area is 209 Å². The van der Waals surface area contributed by atoms with Gasteiger partial charge in [-0.3, -0.25) is 4.98 Å². The highest BCUT2D eigenvalue weighted by molar-refractivity contribution is 6.02. The Balaban J connectivity index is 1.70. The summed E-state index contributed by atoms with van der Waals surface area (Å²) in [6.45, 7) is 3.38. The number of nitrogens with zero attached hydrogens (tertiary/aromatic N) is 3. The highest BCUT2D eigenvalue weighted by Gasteiger charge is 2.35. The van der Waals surface area contributed by atoms with E-state index in [0.717, 1.165) is 51.9 Å². The van der Waals surface area contributed by atoms with Crippen molar-refractivity contribution in [2.75, 3.05) is 31.6 Å². The SMILES string of the molecule is CNC(CO)C1CN(c2c(-c3cc(C)cc(F)c3)cnc3ccc(-c4cccc(C#N)c4O)cc23)C1. The van der Waals surface area contributed by atoms with Crippen LogP contribution in [0.25, 0.3) is 33.2 Å². The Kier molecular flexibility index (Phi) is 6.31. The van der Waals surface area contributed by atoms with E-state index in [2.05, 4.69) is 15.2 Å². The van der Waals surface area contributed by atoms with E-state index in [1.165, 1.54) is 12.1 Å². The molecule has 1 aromatic heterocycles. The van der Waals surface area contributed by atoms with Crippen LogP contribution in [0.2, 0.25) is 0 Å². The Bertz CT molecular complexity index is 1470. The van der Waals surface area contributed by atoms with Gasteiger partial charge in [0, 0.05) is 47.8 Å². The number of rotatable bonds is 6. The normalized spacial score (nSPS) is 14.5. The molecule has 182 valence electrons. The first-order chi connectivity index (χ1) is 17.4. The van der Waals surface area contributed by atoms with Crippen LogP contribution in [-0.2, 0) is 0 Å². The van der Waals surface area contributed by atoms with Gasteiger partial charge in [-0.1, -0.05) is 24.3 Å². The van der Waals surface area contributed by atoms with Gasteiger partial charge in [-0.15, -0.1) is 0 Å². The first-order valence-corrected chi connectivity index (χ1v) is 11.9. The number of para-hydroxylation sites is 1. The molecule has 4 aromatic rings. The van der Waals surface area contributed by atoms with Crippen LogP contribution in [0.4, 0.5) is 10.1 Å². The van der Waals surface area contributed by atoms with Crippen molar-refractivity contribution in [1.29, 1.82) is 5.26 Å². The summed E-state index contributed by atoms with van der Waals surface area (Å²) in [4.78, 5) is 6.92. The zero-order chi connectivity index (χ0) is 25.4. The van der Waals surface area contributed by atoms with Crippen molar-refractivity contribution in [2.45, 2.75) is 13.0 Å². The summed E-state index contributed by atoms with van der Waals surface area (Å²) in [5.41, 5.74) is 5.62. The third kappa shape index (κ3) is 4.15. The second-order valence-corrected chi connectivity index (χ2v) is 9.33. The molecule has 0 amide bonds. The van der Waals surface area contributed by atoms with Gasteiger partial charge < -0.3 is 20.4 Å². The minimum Gasteiger partial charge on any atom is -0.506 e. The fraction of sp³-hybridized carbons (Fsp3) is 0.241. The molecule has 36 heavy (non-hydrogen) atoms. The molecule has 1 aliphatic heterocycles. The van der Waals surface area contributed by atoms with Crippen LogP contribution in [0.15, 0.2) is 60.8 Å². The molecule has 0 bridgehead atoms. The average molecular weight is 483 g/mol. The number of aliphatic hydroxyl groups is 1. The summed E-state index contributed by atoms with van der Waals surface area (Å²) in [6, 6.07) is 17.8. The maximum Gasteiger partial charge on any atom is 0.141 e. The molecule has 7 heteroatoms. The largest absolute Gasteiger partial charge is 0.506 e. The minimum absolute atomic E-state index is 0.00422. The molecule has 5 rings (SSSR count). The zero-order valence-electron chi connectivity index (χ0n) is 20.2. The van der Waals surface area contributed by atoms with Crippen LogP contribution in [0.1, 0.15) is 11.1 Å². The van der Waals surface area contributed by atoms with Crippen LogP contribution in [-0.4, -0.2) is 48.0 Å². The fourth-order valence-corrected chi connectivity index (χ4v) is 5.08. The van der Waals surface area contributed by atoms with Gasteiger partial charge in [0.15, 0.2) is 0 Å². The lowest BCUT2D eigenvalue weighted by atomic mass is 9.88. The molecule has 1 fully saturated rings. The second kappa shape index (κ2) is 9.57. The number of aromatic nitrogens is 1. The van der Waals surface area contributed by atoms with Gasteiger partial charge in [0.25, 0.3) is 0 Å². The lowest BCUT2D eigenvalue weighted by Gasteiger charge is -2.45. The first kappa shape index (κ1) is 23.7. The van der Waals surface area contributed by atoms with E-state index in [0.29, 0.717) is 5.56 Å². The average Bonchev–Trinajstić information content (AvgIpc) is 2.85. The number of nitrogens with one attached hydrogen (secondary N) is 1. The molecule has 2 heterocycles. The smallest absolute Gasteiger partial charge is 0.141 e. The summed E-state index contributed by atoms with van der Waals surface area (Å²) in [5.74, 6) is -0.0977. The molecule has 0 radical (unpaired) electrons. The molecular weight excluding hydrogens is 455 g/mol. The highest BCUT2D eigenvalue weighted by Crippen LogP contribution is 2.42. The highest BCUT2D eigenvalue weighted by atomic mass is 19.1. The number of hydrogen-bond acceptors (Lipinski definition) is 6. The lowest BCUT2D eigenvalue weighted by molar-refractivity contribution is 0.186. The summed E-state index contributed by atoms with van der Waals surface area (Å²) < 4.78 is 14.4. The Morgan fingerprint density at radius 2 is 1.94 bits per heavy atom. The lowest BCUT2D eigenvalue weighted by Crippen LogP contribution is -2.56. The number of benzene rings is 3. The maximum atomic E-state index is 14.4. The molecule has 3 aromatic carbocycles. The number of halogens is 1. The molecule has 1 unspecified atom stereocenters. The van der Waals surface area contributed by atoms with Gasteiger partial charge in [-0.2, -0.15) is 5.26 Å². The third-order valence-corrected chi connectivity index (χ3v) is 7.02. The van der Waals surface area contributed by atoms with Crippen molar-refractivity contribution in [3.8, 4) is 34.1 Å². The predicted octanol–water partition coefficient (Wildman–Crippen LogP) is 4.61. The van der Waals surface area contributed by atoms with Crippen LogP contribution in [0.5, 0.6) is 5.75 Å². The van der Waals surface area contributed by atoms with Crippen molar-refractivity contribution in [3.63, 3.8) is 0 Å². The molecular formula is C29H27FN4O2. The topological polar surface area (TPSA) is 92.4 Å². The Hall–Kier alpha value is -3.99. The number of pyridine rings is 1. The van der Waals surface area contributed by atoms with Crippen LogP contribution in [0.3, 0.4) is 0 Å². The number of aryl methyl sites for hydroxylation is 1. The monoisotopic (exact) mass is 482 g/mol. The molecule has 1 saturated heterocycles. The van der Waals surface area contributed by atoms with E-state index < -0.39 is 0 Å². The van der Waals surface area contributed by atoms with E-state index in [4.69, 9.17) is 0 Å². The van der Waals surface area contributed by atoms with Gasteiger partial charge in [0.05, 0.1) is 23.4 Å². The van der Waals surface area contributed by atoms with Gasteiger partial charge >= 0.3 is 0 Å². The summed E-state index contributed by atoms with van der Waals surface area (Å²) in [5, 5.41) is 33.8. The summed E-state index contributed by atoms with van der Waals surface area (Å²) >= 11 is 0. The number of hydrogen-bond donors (Lipinski definition) is 3. The second-order valence-electron chi connectivity index (χ2n) is 9.33. The first-order valence-electron chi connectivity index (χ1n) is 11.9. The van der Waals surface area contributed by atoms with Crippen molar-refractivity contribution < 1.29 is 14.6 Å². The third-order valence-electron chi connectivity index (χ3n) is 7.02. The Morgan fingerprint density at radius 3 is 2.64 bits per heavy atom.